The summed E-state index contributed by atoms with van der Waals surface area (Å²) >= 11 is 14.1. The van der Waals surface area contributed by atoms with Gasteiger partial charge in [-0.05, 0) is 47.7 Å². The summed E-state index contributed by atoms with van der Waals surface area (Å²) in [6.45, 7) is 8.55. The quantitative estimate of drug-likeness (QED) is 0.302. The summed E-state index contributed by atoms with van der Waals surface area (Å²) in [4.78, 5) is 13.2. The number of halogens is 2. The Balaban J connectivity index is 1.42. The monoisotopic (exact) mass is 512 g/mol. The van der Waals surface area contributed by atoms with E-state index in [0.29, 0.717) is 22.4 Å². The van der Waals surface area contributed by atoms with E-state index in [2.05, 4.69) is 53.7 Å². The van der Waals surface area contributed by atoms with Crippen LogP contribution in [0.4, 0.5) is 5.82 Å². The van der Waals surface area contributed by atoms with Crippen LogP contribution < -0.4 is 5.32 Å². The van der Waals surface area contributed by atoms with Gasteiger partial charge in [-0.15, -0.1) is 11.3 Å². The van der Waals surface area contributed by atoms with Gasteiger partial charge in [0, 0.05) is 35.2 Å². The first kappa shape index (κ1) is 23.5. The maximum atomic E-state index is 6.38. The van der Waals surface area contributed by atoms with Crippen LogP contribution in [-0.2, 0) is 11.3 Å². The number of nitrogens with zero attached hydrogens (tertiary/aromatic N) is 3. The van der Waals surface area contributed by atoms with Gasteiger partial charge < -0.3 is 10.1 Å². The number of benzene rings is 2. The number of ether oxygens (including phenoxy) is 1. The fourth-order valence-electron chi connectivity index (χ4n) is 4.22. The van der Waals surface area contributed by atoms with Gasteiger partial charge in [-0.1, -0.05) is 60.5 Å². The van der Waals surface area contributed by atoms with Crippen molar-refractivity contribution in [1.29, 1.82) is 0 Å². The molecule has 0 saturated carbocycles. The van der Waals surface area contributed by atoms with Crippen LogP contribution in [0.3, 0.4) is 0 Å². The van der Waals surface area contributed by atoms with Crippen molar-refractivity contribution < 1.29 is 4.74 Å². The Bertz CT molecular complexity index is 1310. The molecule has 8 heteroatoms. The number of thiophene rings is 1. The van der Waals surface area contributed by atoms with Crippen molar-refractivity contribution in [1.82, 2.24) is 14.9 Å². The SMILES string of the molecule is CCN1CCOC(c2ccc(-c3nc(NCc4ccc(Cl)cc4Cl)c4c(C)csc4n3)cc2)C1. The second-order valence-electron chi connectivity index (χ2n) is 8.46. The topological polar surface area (TPSA) is 50.3 Å². The van der Waals surface area contributed by atoms with Crippen molar-refractivity contribution in [3.05, 3.63) is 74.6 Å². The van der Waals surface area contributed by atoms with Gasteiger partial charge >= 0.3 is 0 Å². The van der Waals surface area contributed by atoms with Gasteiger partial charge in [0.05, 0.1) is 18.1 Å². The number of hydrogen-bond acceptors (Lipinski definition) is 6. The minimum absolute atomic E-state index is 0.104. The third-order valence-corrected chi connectivity index (χ3v) is 7.79. The highest BCUT2D eigenvalue weighted by Gasteiger charge is 2.21. The van der Waals surface area contributed by atoms with Crippen LogP contribution in [0.2, 0.25) is 10.0 Å². The standard InChI is InChI=1S/C26H26Cl2N4OS/c1-3-32-10-11-33-22(14-32)17-4-6-18(7-5-17)24-30-25(23-16(2)15-34-26(23)31-24)29-13-19-8-9-20(27)12-21(19)28/h4-9,12,15,22H,3,10-11,13-14H2,1-2H3,(H,29,30,31). The molecule has 1 aliphatic heterocycles. The molecule has 34 heavy (non-hydrogen) atoms. The molecule has 5 rings (SSSR count). The molecule has 2 aromatic heterocycles. The molecule has 0 aliphatic carbocycles. The van der Waals surface area contributed by atoms with Gasteiger partial charge in [0.1, 0.15) is 10.6 Å². The number of likely N-dealkylation sites (N-methyl/N-ethyl adjacent to an activating group) is 1. The summed E-state index contributed by atoms with van der Waals surface area (Å²) in [6, 6.07) is 14.0. The van der Waals surface area contributed by atoms with Crippen LogP contribution >= 0.6 is 34.5 Å². The van der Waals surface area contributed by atoms with Crippen LogP contribution in [0.25, 0.3) is 21.6 Å². The zero-order valence-corrected chi connectivity index (χ0v) is 21.5. The Morgan fingerprint density at radius 2 is 1.97 bits per heavy atom. The van der Waals surface area contributed by atoms with Crippen molar-refractivity contribution in [3.63, 3.8) is 0 Å². The normalized spacial score (nSPS) is 16.8. The molecule has 1 saturated heterocycles. The molecule has 1 aliphatic rings. The van der Waals surface area contributed by atoms with Crippen LogP contribution in [0.15, 0.2) is 47.8 Å². The molecular formula is C26H26Cl2N4OS. The number of aryl methyl sites for hydroxylation is 1. The molecule has 2 aromatic carbocycles. The Kier molecular flexibility index (Phi) is 7.04. The highest BCUT2D eigenvalue weighted by Crippen LogP contribution is 2.33. The lowest BCUT2D eigenvalue weighted by Gasteiger charge is -2.32. The number of hydrogen-bond donors (Lipinski definition) is 1. The van der Waals surface area contributed by atoms with E-state index < -0.39 is 0 Å². The highest BCUT2D eigenvalue weighted by atomic mass is 35.5. The lowest BCUT2D eigenvalue weighted by Crippen LogP contribution is -2.38. The molecular weight excluding hydrogens is 487 g/mol. The van der Waals surface area contributed by atoms with Crippen LogP contribution in [-0.4, -0.2) is 41.1 Å². The zero-order valence-electron chi connectivity index (χ0n) is 19.1. The maximum Gasteiger partial charge on any atom is 0.163 e. The van der Waals surface area contributed by atoms with Crippen molar-refractivity contribution in [2.24, 2.45) is 0 Å². The zero-order chi connectivity index (χ0) is 23.7. The molecule has 0 bridgehead atoms. The first-order valence-corrected chi connectivity index (χ1v) is 13.0. The van der Waals surface area contributed by atoms with E-state index >= 15 is 0 Å². The van der Waals surface area contributed by atoms with Gasteiger partial charge in [0.2, 0.25) is 0 Å². The van der Waals surface area contributed by atoms with Crippen LogP contribution in [0, 0.1) is 6.92 Å². The summed E-state index contributed by atoms with van der Waals surface area (Å²) in [5.74, 6) is 1.51. The summed E-state index contributed by atoms with van der Waals surface area (Å²) in [5.41, 5.74) is 4.28. The molecule has 4 aromatic rings. The van der Waals surface area contributed by atoms with Gasteiger partial charge in [0.25, 0.3) is 0 Å². The van der Waals surface area contributed by atoms with Crippen molar-refractivity contribution in [2.45, 2.75) is 26.5 Å². The summed E-state index contributed by atoms with van der Waals surface area (Å²) in [5, 5.41) is 7.90. The largest absolute Gasteiger partial charge is 0.371 e. The van der Waals surface area contributed by atoms with Gasteiger partial charge in [-0.3, -0.25) is 4.90 Å². The first-order chi connectivity index (χ1) is 16.5. The highest BCUT2D eigenvalue weighted by molar-refractivity contribution is 7.17. The van der Waals surface area contributed by atoms with E-state index in [0.717, 1.165) is 59.0 Å². The molecule has 0 radical (unpaired) electrons. The average molecular weight is 513 g/mol. The minimum atomic E-state index is 0.104. The van der Waals surface area contributed by atoms with Gasteiger partial charge in [0.15, 0.2) is 5.82 Å². The second-order valence-corrected chi connectivity index (χ2v) is 10.2. The van der Waals surface area contributed by atoms with E-state index in [1.54, 1.807) is 17.4 Å². The molecule has 1 N–H and O–H groups in total. The lowest BCUT2D eigenvalue weighted by molar-refractivity contribution is -0.0281. The van der Waals surface area contributed by atoms with Crippen LogP contribution in [0.5, 0.6) is 0 Å². The Labute approximate surface area is 213 Å². The molecule has 1 atom stereocenters. The van der Waals surface area contributed by atoms with E-state index in [1.807, 2.05) is 12.1 Å². The predicted octanol–water partition coefficient (Wildman–Crippen LogP) is 6.98. The Morgan fingerprint density at radius 1 is 1.15 bits per heavy atom. The molecule has 176 valence electrons. The second kappa shape index (κ2) is 10.2. The third kappa shape index (κ3) is 4.92. The van der Waals surface area contributed by atoms with E-state index in [9.17, 15) is 0 Å². The smallest absolute Gasteiger partial charge is 0.163 e. The van der Waals surface area contributed by atoms with Crippen molar-refractivity contribution >= 4 is 50.6 Å². The molecule has 0 spiro atoms. The number of fused-ring (bicyclic) bond motifs is 1. The molecule has 1 fully saturated rings. The lowest BCUT2D eigenvalue weighted by atomic mass is 10.0. The van der Waals surface area contributed by atoms with Gasteiger partial charge in [-0.2, -0.15) is 0 Å². The Hall–Kier alpha value is -2.22. The molecule has 0 amide bonds. The van der Waals surface area contributed by atoms with Crippen molar-refractivity contribution in [2.75, 3.05) is 31.6 Å². The summed E-state index contributed by atoms with van der Waals surface area (Å²) in [6.07, 6.45) is 0.104. The fourth-order valence-corrected chi connectivity index (χ4v) is 5.62. The molecule has 1 unspecified atom stereocenters. The molecule has 3 heterocycles. The number of aromatic nitrogens is 2. The van der Waals surface area contributed by atoms with Crippen molar-refractivity contribution in [3.8, 4) is 11.4 Å². The average Bonchev–Trinajstić information content (AvgIpc) is 3.24. The summed E-state index contributed by atoms with van der Waals surface area (Å²) in [7, 11) is 0. The van der Waals surface area contributed by atoms with E-state index in [-0.39, 0.29) is 6.10 Å². The minimum Gasteiger partial charge on any atom is -0.371 e. The maximum absolute atomic E-state index is 6.38. The Morgan fingerprint density at radius 3 is 2.74 bits per heavy atom. The summed E-state index contributed by atoms with van der Waals surface area (Å²) < 4.78 is 6.01. The number of anilines is 1. The first-order valence-electron chi connectivity index (χ1n) is 11.4. The number of rotatable bonds is 6. The number of morpholine rings is 1. The predicted molar refractivity (Wildman–Crippen MR) is 142 cm³/mol. The number of nitrogens with one attached hydrogen (secondary N) is 1. The molecule has 5 nitrogen and oxygen atoms in total. The third-order valence-electron chi connectivity index (χ3n) is 6.22. The van der Waals surface area contributed by atoms with E-state index in [1.165, 1.54) is 5.56 Å². The van der Waals surface area contributed by atoms with Gasteiger partial charge in [-0.25, -0.2) is 9.97 Å². The fraction of sp³-hybridized carbons (Fsp3) is 0.308. The van der Waals surface area contributed by atoms with E-state index in [4.69, 9.17) is 37.9 Å². The van der Waals surface area contributed by atoms with Crippen LogP contribution in [0.1, 0.15) is 29.7 Å².